The number of benzene rings is 1. The van der Waals surface area contributed by atoms with Gasteiger partial charge in [-0.1, -0.05) is 32.0 Å². The first-order valence-electron chi connectivity index (χ1n) is 15.9. The number of nitrogens with one attached hydrogen (secondary N) is 1. The fourth-order valence-corrected chi connectivity index (χ4v) is 8.37. The van der Waals surface area contributed by atoms with Crippen molar-refractivity contribution in [3.63, 3.8) is 0 Å². The Morgan fingerprint density at radius 1 is 1.10 bits per heavy atom. The first-order valence-corrected chi connectivity index (χ1v) is 15.9. The second-order valence-corrected chi connectivity index (χ2v) is 13.9. The minimum absolute atomic E-state index is 0.107. The molecule has 262 valence electrons. The second-order valence-electron chi connectivity index (χ2n) is 13.9. The zero-order chi connectivity index (χ0) is 35.4. The number of esters is 3. The van der Waals surface area contributed by atoms with Crippen LogP contribution in [0.15, 0.2) is 41.5 Å². The average Bonchev–Trinajstić information content (AvgIpc) is 3.01. The van der Waals surface area contributed by atoms with Crippen molar-refractivity contribution in [3.8, 4) is 5.75 Å². The van der Waals surface area contributed by atoms with Crippen molar-refractivity contribution >= 4 is 30.1 Å². The van der Waals surface area contributed by atoms with Gasteiger partial charge in [0.2, 0.25) is 6.41 Å². The van der Waals surface area contributed by atoms with Gasteiger partial charge in [0.15, 0.2) is 23.6 Å². The molecule has 4 aliphatic rings. The maximum atomic E-state index is 15.1. The average molecular weight is 674 g/mol. The van der Waals surface area contributed by atoms with Crippen LogP contribution in [-0.4, -0.2) is 106 Å². The lowest BCUT2D eigenvalue weighted by Gasteiger charge is -2.67. The highest BCUT2D eigenvalue weighted by Gasteiger charge is 2.78. The van der Waals surface area contributed by atoms with Crippen LogP contribution in [0.2, 0.25) is 0 Å². The molecule has 1 aliphatic heterocycles. The van der Waals surface area contributed by atoms with Crippen LogP contribution < -0.4 is 10.1 Å². The van der Waals surface area contributed by atoms with E-state index in [1.807, 2.05) is 0 Å². The van der Waals surface area contributed by atoms with Gasteiger partial charge >= 0.3 is 17.9 Å². The number of ketones is 1. The van der Waals surface area contributed by atoms with Crippen molar-refractivity contribution < 1.29 is 63.0 Å². The number of rotatable bonds is 9. The molecule has 4 N–H and O–H groups in total. The minimum Gasteiger partial charge on any atom is -0.487 e. The Labute approximate surface area is 277 Å². The van der Waals surface area contributed by atoms with Crippen LogP contribution in [0.4, 0.5) is 0 Å². The monoisotopic (exact) mass is 673 g/mol. The quantitative estimate of drug-likeness (QED) is 0.122. The highest BCUT2D eigenvalue weighted by atomic mass is 16.6. The molecule has 0 radical (unpaired) electrons. The van der Waals surface area contributed by atoms with E-state index in [4.69, 9.17) is 23.7 Å². The molecule has 5 rings (SSSR count). The summed E-state index contributed by atoms with van der Waals surface area (Å²) in [7, 11) is 0. The van der Waals surface area contributed by atoms with Gasteiger partial charge in [0.1, 0.15) is 29.7 Å². The molecule has 48 heavy (non-hydrogen) atoms. The van der Waals surface area contributed by atoms with E-state index in [9.17, 15) is 34.5 Å². The number of carbonyl (C=O) groups excluding carboxylic acids is 5. The Hall–Kier alpha value is -3.85. The van der Waals surface area contributed by atoms with E-state index in [1.165, 1.54) is 13.8 Å². The number of ether oxygens (including phenoxy) is 5. The number of hydrogen-bond acceptors (Lipinski definition) is 13. The van der Waals surface area contributed by atoms with Crippen molar-refractivity contribution in [2.75, 3.05) is 13.2 Å². The minimum atomic E-state index is -2.11. The predicted molar refractivity (Wildman–Crippen MR) is 164 cm³/mol. The molecular weight excluding hydrogens is 630 g/mol. The first kappa shape index (κ1) is 35.5. The first-order chi connectivity index (χ1) is 22.5. The number of para-hydroxylation sites is 1. The lowest BCUT2D eigenvalue weighted by Crippen LogP contribution is -2.82. The van der Waals surface area contributed by atoms with Gasteiger partial charge in [0, 0.05) is 32.1 Å². The predicted octanol–water partition coefficient (Wildman–Crippen LogP) is 0.532. The fourth-order valence-electron chi connectivity index (χ4n) is 8.37. The summed E-state index contributed by atoms with van der Waals surface area (Å²) in [4.78, 5) is 64.4. The highest BCUT2D eigenvalue weighted by molar-refractivity contribution is 5.95. The largest absolute Gasteiger partial charge is 0.487 e. The molecule has 0 aromatic heterocycles. The molecule has 14 heteroatoms. The van der Waals surface area contributed by atoms with E-state index in [-0.39, 0.29) is 36.3 Å². The third-order valence-electron chi connectivity index (χ3n) is 10.9. The molecule has 10 atom stereocenters. The van der Waals surface area contributed by atoms with E-state index >= 15 is 4.79 Å². The van der Waals surface area contributed by atoms with Crippen LogP contribution in [0.1, 0.15) is 54.4 Å². The van der Waals surface area contributed by atoms with Crippen LogP contribution >= 0.6 is 0 Å². The van der Waals surface area contributed by atoms with Gasteiger partial charge in [-0.15, -0.1) is 0 Å². The summed E-state index contributed by atoms with van der Waals surface area (Å²) >= 11 is 0. The number of aliphatic hydroxyl groups excluding tert-OH is 2. The third-order valence-corrected chi connectivity index (χ3v) is 10.9. The summed E-state index contributed by atoms with van der Waals surface area (Å²) in [6, 6.07) is 8.45. The second kappa shape index (κ2) is 12.6. The normalized spacial score (nSPS) is 37.2. The molecule has 0 spiro atoms. The molecular formula is C34H43NO13. The number of fused-ring (bicyclic) bond motifs is 5. The number of amides is 1. The molecule has 1 aromatic rings. The molecule has 1 heterocycles. The zero-order valence-corrected chi connectivity index (χ0v) is 27.8. The van der Waals surface area contributed by atoms with E-state index in [2.05, 4.69) is 5.32 Å². The van der Waals surface area contributed by atoms with Crippen molar-refractivity contribution in [3.05, 3.63) is 41.5 Å². The topological polar surface area (TPSA) is 204 Å². The van der Waals surface area contributed by atoms with Gasteiger partial charge < -0.3 is 44.3 Å². The van der Waals surface area contributed by atoms with E-state index < -0.39 is 94.8 Å². The zero-order valence-electron chi connectivity index (χ0n) is 27.8. The van der Waals surface area contributed by atoms with Gasteiger partial charge in [-0.2, -0.15) is 0 Å². The molecule has 3 unspecified atom stereocenters. The van der Waals surface area contributed by atoms with Crippen molar-refractivity contribution in [2.45, 2.75) is 102 Å². The van der Waals surface area contributed by atoms with Crippen molar-refractivity contribution in [2.24, 2.45) is 16.7 Å². The van der Waals surface area contributed by atoms with Gasteiger partial charge in [-0.25, -0.2) is 4.79 Å². The molecule has 1 amide bonds. The maximum Gasteiger partial charge on any atom is 0.337 e. The summed E-state index contributed by atoms with van der Waals surface area (Å²) in [5.74, 6) is -4.40. The van der Waals surface area contributed by atoms with E-state index in [1.54, 1.807) is 51.1 Å². The Kier molecular flexibility index (Phi) is 9.27. The lowest BCUT2D eigenvalue weighted by atomic mass is 9.44. The molecule has 14 nitrogen and oxygen atoms in total. The molecule has 1 aromatic carbocycles. The number of Topliss-reactive ketones (excluding diaryl/α,β-unsaturated/α-hetero) is 1. The number of aliphatic hydroxyl groups is 3. The van der Waals surface area contributed by atoms with Crippen LogP contribution in [0, 0.1) is 16.7 Å². The maximum absolute atomic E-state index is 15.1. The van der Waals surface area contributed by atoms with Crippen LogP contribution in [0.5, 0.6) is 5.75 Å². The summed E-state index contributed by atoms with van der Waals surface area (Å²) in [6.45, 7) is 8.04. The standard InChI is InChI=1S/C34H43NO13/c1-17-22(47-30(42)21(39)14-35-16-36)13-34(43)29(46-20-10-8-7-9-11-20)27-32(6,23(40)12-24-33(27,15-44-24)48-19(3)38)28(41)26(45-18(2)37)25(17)31(34,4)5/h7-11,16,21-24,26-27,29,39-40,43H,12-15H2,1-6H3,(H,35,36)/t21-,22+,23?,24?,26-,27?,29+,32-,33+,34-/m1/s1. The Morgan fingerprint density at radius 2 is 1.77 bits per heavy atom. The fraction of sp³-hybridized carbons (Fsp3) is 0.618. The summed E-state index contributed by atoms with van der Waals surface area (Å²) < 4.78 is 30.0. The molecule has 2 bridgehead atoms. The van der Waals surface area contributed by atoms with E-state index in [0.29, 0.717) is 6.41 Å². The smallest absolute Gasteiger partial charge is 0.337 e. The highest BCUT2D eigenvalue weighted by Crippen LogP contribution is 2.64. The Morgan fingerprint density at radius 3 is 2.33 bits per heavy atom. The Balaban J connectivity index is 1.81. The van der Waals surface area contributed by atoms with E-state index in [0.717, 1.165) is 6.92 Å². The van der Waals surface area contributed by atoms with Crippen molar-refractivity contribution in [1.29, 1.82) is 0 Å². The van der Waals surface area contributed by atoms with Crippen molar-refractivity contribution in [1.82, 2.24) is 5.32 Å². The summed E-state index contributed by atoms with van der Waals surface area (Å²) in [5.41, 5.74) is -6.60. The number of hydrogen-bond donors (Lipinski definition) is 4. The lowest BCUT2D eigenvalue weighted by molar-refractivity contribution is -0.343. The van der Waals surface area contributed by atoms with Gasteiger partial charge in [-0.3, -0.25) is 19.2 Å². The molecule has 3 aliphatic carbocycles. The summed E-state index contributed by atoms with van der Waals surface area (Å²) in [5, 5.41) is 37.7. The van der Waals surface area contributed by atoms with Gasteiger partial charge in [0.25, 0.3) is 0 Å². The molecule has 2 saturated carbocycles. The van der Waals surface area contributed by atoms with Crippen LogP contribution in [0.3, 0.4) is 0 Å². The van der Waals surface area contributed by atoms with Crippen LogP contribution in [0.25, 0.3) is 0 Å². The molecule has 3 fully saturated rings. The molecule has 1 saturated heterocycles. The third kappa shape index (κ3) is 5.38. The number of carbonyl (C=O) groups is 5. The van der Waals surface area contributed by atoms with Gasteiger partial charge in [0.05, 0.1) is 30.6 Å². The van der Waals surface area contributed by atoms with Gasteiger partial charge in [-0.05, 0) is 37.1 Å². The summed E-state index contributed by atoms with van der Waals surface area (Å²) in [6.07, 6.45) is -8.64. The van der Waals surface area contributed by atoms with Crippen LogP contribution in [-0.2, 0) is 42.9 Å². The SMILES string of the molecule is CC(=O)O[C@H]1C(=O)[C@]2(C)C(O)CC3OC[C@@]3(OC(C)=O)C2[C@H](Oc2ccccc2)[C@]2(O)C[C@H](OC(=O)[C@H](O)CNC=O)C(C)=C1C2(C)C. The Bertz CT molecular complexity index is 1510.